The van der Waals surface area contributed by atoms with Gasteiger partial charge < -0.3 is 14.6 Å². The van der Waals surface area contributed by atoms with Crippen molar-refractivity contribution in [3.05, 3.63) is 73.5 Å². The van der Waals surface area contributed by atoms with E-state index in [1.54, 1.807) is 42.9 Å². The minimum absolute atomic E-state index is 0.0531. The number of hydrogen-bond donors (Lipinski definition) is 1. The molecular formula is C22H23N7O6. The van der Waals surface area contributed by atoms with Gasteiger partial charge in [0.25, 0.3) is 17.0 Å². The highest BCUT2D eigenvalue weighted by Gasteiger charge is 2.20. The van der Waals surface area contributed by atoms with Gasteiger partial charge >= 0.3 is 11.7 Å². The van der Waals surface area contributed by atoms with Crippen LogP contribution < -0.4 is 22.1 Å². The molecule has 0 unspecified atom stereocenters. The van der Waals surface area contributed by atoms with Gasteiger partial charge in [-0.15, -0.1) is 0 Å². The summed E-state index contributed by atoms with van der Waals surface area (Å²) in [7, 11) is 4.47. The van der Waals surface area contributed by atoms with Crippen LogP contribution in [0.3, 0.4) is 0 Å². The molecule has 3 aromatic heterocycles. The average Bonchev–Trinajstić information content (AvgIpc) is 3.35. The van der Waals surface area contributed by atoms with Gasteiger partial charge in [0.1, 0.15) is 12.2 Å². The van der Waals surface area contributed by atoms with Crippen molar-refractivity contribution in [2.45, 2.75) is 13.5 Å². The molecule has 4 aromatic rings. The second-order valence-corrected chi connectivity index (χ2v) is 7.90. The predicted octanol–water partition coefficient (Wildman–Crippen LogP) is -0.587. The van der Waals surface area contributed by atoms with E-state index < -0.39 is 41.8 Å². The highest BCUT2D eigenvalue weighted by atomic mass is 16.5. The summed E-state index contributed by atoms with van der Waals surface area (Å²) in [4.78, 5) is 66.2. The number of aryl methyl sites for hydroxylation is 1. The van der Waals surface area contributed by atoms with Crippen LogP contribution in [0.5, 0.6) is 0 Å². The Hall–Kier alpha value is -4.68. The molecule has 13 nitrogen and oxygen atoms in total. The number of esters is 1. The van der Waals surface area contributed by atoms with E-state index in [0.29, 0.717) is 11.4 Å². The summed E-state index contributed by atoms with van der Waals surface area (Å²) in [6.07, 6.45) is 1.24. The van der Waals surface area contributed by atoms with E-state index in [1.165, 1.54) is 34.2 Å². The summed E-state index contributed by atoms with van der Waals surface area (Å²) in [5.41, 5.74) is -0.189. The second-order valence-electron chi connectivity index (χ2n) is 7.90. The normalized spacial score (nSPS) is 11.1. The second kappa shape index (κ2) is 8.93. The van der Waals surface area contributed by atoms with Crippen molar-refractivity contribution in [3.63, 3.8) is 0 Å². The van der Waals surface area contributed by atoms with Gasteiger partial charge in [-0.25, -0.2) is 14.5 Å². The summed E-state index contributed by atoms with van der Waals surface area (Å²) >= 11 is 0. The summed E-state index contributed by atoms with van der Waals surface area (Å²) in [6, 6.07) is 8.94. The van der Waals surface area contributed by atoms with Crippen LogP contribution in [0.25, 0.3) is 16.9 Å². The molecule has 0 aliphatic carbocycles. The maximum absolute atomic E-state index is 12.9. The van der Waals surface area contributed by atoms with Crippen molar-refractivity contribution < 1.29 is 14.3 Å². The topological polar surface area (TPSA) is 144 Å². The molecule has 0 atom stereocenters. The van der Waals surface area contributed by atoms with Crippen LogP contribution in [0.1, 0.15) is 5.69 Å². The molecule has 0 saturated heterocycles. The fourth-order valence-electron chi connectivity index (χ4n) is 3.74. The van der Waals surface area contributed by atoms with Crippen molar-refractivity contribution in [1.29, 1.82) is 0 Å². The molecular weight excluding hydrogens is 458 g/mol. The lowest BCUT2D eigenvalue weighted by molar-refractivity contribution is -0.147. The Bertz CT molecular complexity index is 1640. The first kappa shape index (κ1) is 23.5. The largest absolute Gasteiger partial charge is 0.454 e. The summed E-state index contributed by atoms with van der Waals surface area (Å²) < 4.78 is 11.4. The van der Waals surface area contributed by atoms with E-state index in [0.717, 1.165) is 4.57 Å². The van der Waals surface area contributed by atoms with E-state index in [2.05, 4.69) is 10.3 Å². The van der Waals surface area contributed by atoms with Crippen LogP contribution >= 0.6 is 0 Å². The molecule has 0 bridgehead atoms. The Labute approximate surface area is 197 Å². The van der Waals surface area contributed by atoms with Crippen molar-refractivity contribution in [3.8, 4) is 5.69 Å². The number of hydrogen-bond acceptors (Lipinski definition) is 7. The zero-order chi connectivity index (χ0) is 25.4. The highest BCUT2D eigenvalue weighted by Crippen LogP contribution is 2.14. The van der Waals surface area contributed by atoms with Gasteiger partial charge in [0.05, 0.1) is 17.7 Å². The third kappa shape index (κ3) is 4.07. The molecule has 0 aliphatic rings. The molecule has 0 spiro atoms. The number of carbonyl (C=O) groups is 2. The molecule has 0 radical (unpaired) electrons. The number of para-hydroxylation sites is 1. The first-order valence-electron chi connectivity index (χ1n) is 10.5. The lowest BCUT2D eigenvalue weighted by Crippen LogP contribution is -2.37. The third-order valence-corrected chi connectivity index (χ3v) is 5.70. The Morgan fingerprint density at radius 3 is 2.37 bits per heavy atom. The third-order valence-electron chi connectivity index (χ3n) is 5.70. The van der Waals surface area contributed by atoms with E-state index in [-0.39, 0.29) is 16.9 Å². The number of ether oxygens (including phenoxy) is 1. The van der Waals surface area contributed by atoms with Crippen molar-refractivity contribution in [2.75, 3.05) is 11.9 Å². The van der Waals surface area contributed by atoms with Crippen LogP contribution in [0, 0.1) is 6.92 Å². The van der Waals surface area contributed by atoms with Gasteiger partial charge in [-0.05, 0) is 19.1 Å². The van der Waals surface area contributed by atoms with Crippen molar-refractivity contribution >= 4 is 28.7 Å². The van der Waals surface area contributed by atoms with Crippen LogP contribution in [-0.4, -0.2) is 46.5 Å². The van der Waals surface area contributed by atoms with Gasteiger partial charge in [-0.1, -0.05) is 18.2 Å². The number of aromatic nitrogens is 6. The fourth-order valence-corrected chi connectivity index (χ4v) is 3.74. The minimum atomic E-state index is -0.804. The molecule has 35 heavy (non-hydrogen) atoms. The number of rotatable bonds is 6. The van der Waals surface area contributed by atoms with E-state index in [1.807, 2.05) is 6.07 Å². The maximum atomic E-state index is 12.9. The number of benzene rings is 1. The van der Waals surface area contributed by atoms with E-state index in [4.69, 9.17) is 4.74 Å². The van der Waals surface area contributed by atoms with Gasteiger partial charge in [-0.2, -0.15) is 0 Å². The van der Waals surface area contributed by atoms with E-state index in [9.17, 15) is 24.0 Å². The molecule has 13 heteroatoms. The van der Waals surface area contributed by atoms with Gasteiger partial charge in [0.15, 0.2) is 17.8 Å². The van der Waals surface area contributed by atoms with Crippen LogP contribution in [-0.2, 0) is 42.0 Å². The Kier molecular flexibility index (Phi) is 5.99. The summed E-state index contributed by atoms with van der Waals surface area (Å²) in [6.45, 7) is 0.643. The smallest absolute Gasteiger partial charge is 0.332 e. The monoisotopic (exact) mass is 481 g/mol. The molecule has 0 saturated carbocycles. The summed E-state index contributed by atoms with van der Waals surface area (Å²) in [5.74, 6) is -1.50. The predicted molar refractivity (Wildman–Crippen MR) is 126 cm³/mol. The molecule has 182 valence electrons. The Morgan fingerprint density at radius 1 is 1.00 bits per heavy atom. The Morgan fingerprint density at radius 2 is 1.69 bits per heavy atom. The maximum Gasteiger partial charge on any atom is 0.332 e. The summed E-state index contributed by atoms with van der Waals surface area (Å²) in [5, 5.41) is 2.50. The molecule has 1 aromatic carbocycles. The number of imidazole rings is 1. The first-order chi connectivity index (χ1) is 16.6. The van der Waals surface area contributed by atoms with Crippen molar-refractivity contribution in [1.82, 2.24) is 28.0 Å². The van der Waals surface area contributed by atoms with Gasteiger partial charge in [0, 0.05) is 21.1 Å². The number of amides is 1. The number of anilines is 1. The van der Waals surface area contributed by atoms with Crippen LogP contribution in [0.2, 0.25) is 0 Å². The SMILES string of the molecule is Cc1c(NC(=O)COC(=O)Cn2cnc3c2c(=O)n(C)c(=O)n3C)c(=O)n(-c2ccccc2)n1C. The number of nitrogens with zero attached hydrogens (tertiary/aromatic N) is 6. The molecule has 1 amide bonds. The lowest BCUT2D eigenvalue weighted by Gasteiger charge is -2.08. The van der Waals surface area contributed by atoms with Gasteiger partial charge in [-0.3, -0.25) is 33.0 Å². The zero-order valence-electron chi connectivity index (χ0n) is 19.5. The molecule has 4 rings (SSSR count). The standard InChI is InChI=1S/C22H23N7O6/c1-13-17(20(32)29(27(13)4)14-8-6-5-7-9-14)24-15(30)11-35-16(31)10-28-12-23-19-18(28)21(33)26(3)22(34)25(19)2/h5-9,12H,10-11H2,1-4H3,(H,24,30). The molecule has 1 N–H and O–H groups in total. The number of nitrogens with one attached hydrogen (secondary N) is 1. The first-order valence-corrected chi connectivity index (χ1v) is 10.5. The zero-order valence-corrected chi connectivity index (χ0v) is 19.5. The minimum Gasteiger partial charge on any atom is -0.454 e. The Balaban J connectivity index is 1.46. The van der Waals surface area contributed by atoms with Gasteiger partial charge in [0.2, 0.25) is 0 Å². The lowest BCUT2D eigenvalue weighted by atomic mass is 10.3. The number of fused-ring (bicyclic) bond motifs is 1. The molecule has 0 aliphatic heterocycles. The quantitative estimate of drug-likeness (QED) is 0.363. The number of carbonyl (C=O) groups excluding carboxylic acids is 2. The fraction of sp³-hybridized carbons (Fsp3) is 0.273. The highest BCUT2D eigenvalue weighted by molar-refractivity contribution is 5.93. The van der Waals surface area contributed by atoms with Crippen LogP contribution in [0.15, 0.2) is 51.0 Å². The van der Waals surface area contributed by atoms with Crippen molar-refractivity contribution in [2.24, 2.45) is 21.1 Å². The molecule has 0 fully saturated rings. The average molecular weight is 481 g/mol. The van der Waals surface area contributed by atoms with E-state index >= 15 is 0 Å². The van der Waals surface area contributed by atoms with Crippen LogP contribution in [0.4, 0.5) is 5.69 Å². The molecule has 3 heterocycles.